The Hall–Kier alpha value is -0.770. The zero-order valence-corrected chi connectivity index (χ0v) is 8.70. The monoisotopic (exact) mass is 215 g/mol. The van der Waals surface area contributed by atoms with Gasteiger partial charge in [0.25, 0.3) is 5.92 Å². The molecule has 0 radical (unpaired) electrons. The van der Waals surface area contributed by atoms with Gasteiger partial charge in [0, 0.05) is 17.5 Å². The molecule has 1 aromatic rings. The molecule has 14 heavy (non-hydrogen) atoms. The summed E-state index contributed by atoms with van der Waals surface area (Å²) in [6, 6.07) is 0. The van der Waals surface area contributed by atoms with Crippen molar-refractivity contribution in [2.45, 2.75) is 32.1 Å². The summed E-state index contributed by atoms with van der Waals surface area (Å²) in [5.41, 5.74) is 0.127. The number of aryl methyl sites for hydroxylation is 1. The highest BCUT2D eigenvalue weighted by Gasteiger charge is 2.37. The van der Waals surface area contributed by atoms with E-state index in [0.29, 0.717) is 11.4 Å². The molecule has 0 aromatic carbocycles. The Kier molecular flexibility index (Phi) is 2.39. The highest BCUT2D eigenvalue weighted by molar-refractivity contribution is 7.12. The first-order chi connectivity index (χ1) is 6.59. The molecule has 0 fully saturated rings. The Balaban J connectivity index is 2.37. The maximum atomic E-state index is 13.5. The van der Waals surface area contributed by atoms with Crippen molar-refractivity contribution in [3.05, 3.63) is 22.2 Å². The smallest absolute Gasteiger partial charge is 0.244 e. The van der Waals surface area contributed by atoms with Crippen LogP contribution in [0.25, 0.3) is 5.57 Å². The second kappa shape index (κ2) is 3.42. The molecule has 0 saturated carbocycles. The molecule has 76 valence electrons. The van der Waals surface area contributed by atoms with Gasteiger partial charge in [-0.15, -0.1) is 11.3 Å². The van der Waals surface area contributed by atoms with Crippen molar-refractivity contribution in [3.63, 3.8) is 0 Å². The third kappa shape index (κ3) is 1.71. The van der Waals surface area contributed by atoms with E-state index in [1.807, 2.05) is 6.92 Å². The molecule has 0 spiro atoms. The van der Waals surface area contributed by atoms with Crippen molar-refractivity contribution in [1.29, 1.82) is 0 Å². The summed E-state index contributed by atoms with van der Waals surface area (Å²) in [7, 11) is 0. The number of thiazole rings is 1. The molecular formula is C10H11F2NS. The van der Waals surface area contributed by atoms with Crippen LogP contribution >= 0.6 is 11.3 Å². The van der Waals surface area contributed by atoms with Gasteiger partial charge in [0.1, 0.15) is 5.01 Å². The molecule has 1 aliphatic carbocycles. The van der Waals surface area contributed by atoms with Gasteiger partial charge in [-0.25, -0.2) is 13.8 Å². The van der Waals surface area contributed by atoms with Gasteiger partial charge in [0.2, 0.25) is 0 Å². The van der Waals surface area contributed by atoms with Crippen LogP contribution in [0.1, 0.15) is 29.1 Å². The second-order valence-corrected chi connectivity index (χ2v) is 4.73. The van der Waals surface area contributed by atoms with E-state index in [4.69, 9.17) is 0 Å². The lowest BCUT2D eigenvalue weighted by Gasteiger charge is -2.22. The molecule has 4 heteroatoms. The summed E-state index contributed by atoms with van der Waals surface area (Å²) in [4.78, 5) is 4.98. The topological polar surface area (TPSA) is 12.9 Å². The fourth-order valence-electron chi connectivity index (χ4n) is 1.58. The van der Waals surface area contributed by atoms with E-state index in [-0.39, 0.29) is 12.0 Å². The van der Waals surface area contributed by atoms with Crippen molar-refractivity contribution in [2.75, 3.05) is 0 Å². The zero-order valence-electron chi connectivity index (χ0n) is 7.89. The highest BCUT2D eigenvalue weighted by atomic mass is 32.1. The van der Waals surface area contributed by atoms with Gasteiger partial charge in [-0.1, -0.05) is 6.08 Å². The largest absolute Gasteiger partial charge is 0.275 e. The zero-order chi connectivity index (χ0) is 10.2. The highest BCUT2D eigenvalue weighted by Crippen LogP contribution is 2.41. The summed E-state index contributed by atoms with van der Waals surface area (Å²) in [5.74, 6) is -2.68. The van der Waals surface area contributed by atoms with Crippen molar-refractivity contribution in [2.24, 2.45) is 0 Å². The summed E-state index contributed by atoms with van der Waals surface area (Å²) in [6.45, 7) is 1.88. The lowest BCUT2D eigenvalue weighted by molar-refractivity contribution is 0.0510. The van der Waals surface area contributed by atoms with Crippen molar-refractivity contribution in [3.8, 4) is 0 Å². The van der Waals surface area contributed by atoms with Crippen LogP contribution in [0.5, 0.6) is 0 Å². The molecule has 2 rings (SSSR count). The van der Waals surface area contributed by atoms with E-state index in [1.54, 1.807) is 12.3 Å². The maximum absolute atomic E-state index is 13.5. The minimum atomic E-state index is -2.68. The standard InChI is InChI=1S/C10H11F2NS/c1-7-6-13-9(14-7)8-4-2-3-5-10(8,11)12/h4,6H,2-3,5H2,1H3. The molecule has 1 aromatic heterocycles. The summed E-state index contributed by atoms with van der Waals surface area (Å²) < 4.78 is 26.9. The predicted octanol–water partition coefficient (Wildman–Crippen LogP) is 3.65. The number of halogens is 2. The number of rotatable bonds is 1. The van der Waals surface area contributed by atoms with Crippen molar-refractivity contribution >= 4 is 16.9 Å². The minimum Gasteiger partial charge on any atom is -0.244 e. The lowest BCUT2D eigenvalue weighted by atomic mass is 9.96. The van der Waals surface area contributed by atoms with Gasteiger partial charge < -0.3 is 0 Å². The van der Waals surface area contributed by atoms with Crippen LogP contribution in [-0.2, 0) is 0 Å². The Morgan fingerprint density at radius 1 is 1.50 bits per heavy atom. The Bertz CT molecular complexity index is 368. The summed E-state index contributed by atoms with van der Waals surface area (Å²) in [6.07, 6.45) is 4.54. The number of alkyl halides is 2. The molecule has 0 saturated heterocycles. The van der Waals surface area contributed by atoms with E-state index in [9.17, 15) is 8.78 Å². The van der Waals surface area contributed by atoms with Gasteiger partial charge in [0.05, 0.1) is 5.57 Å². The average Bonchev–Trinajstić information content (AvgIpc) is 2.51. The minimum absolute atomic E-state index is 0.0442. The molecular weight excluding hydrogens is 204 g/mol. The van der Waals surface area contributed by atoms with Gasteiger partial charge in [-0.05, 0) is 19.8 Å². The van der Waals surface area contributed by atoms with Crippen LogP contribution in [0, 0.1) is 6.92 Å². The van der Waals surface area contributed by atoms with Crippen LogP contribution < -0.4 is 0 Å². The second-order valence-electron chi connectivity index (χ2n) is 3.49. The van der Waals surface area contributed by atoms with Crippen LogP contribution in [-0.4, -0.2) is 10.9 Å². The van der Waals surface area contributed by atoms with Gasteiger partial charge in [-0.3, -0.25) is 0 Å². The Labute approximate surface area is 85.5 Å². The van der Waals surface area contributed by atoms with Crippen molar-refractivity contribution < 1.29 is 8.78 Å². The first-order valence-corrected chi connectivity index (χ1v) is 5.42. The van der Waals surface area contributed by atoms with Gasteiger partial charge in [0.15, 0.2) is 0 Å². The summed E-state index contributed by atoms with van der Waals surface area (Å²) in [5, 5.41) is 0.479. The SMILES string of the molecule is Cc1cnc(C2=CCCCC2(F)F)s1. The van der Waals surface area contributed by atoms with E-state index in [0.717, 1.165) is 11.3 Å². The Morgan fingerprint density at radius 3 is 2.86 bits per heavy atom. The lowest BCUT2D eigenvalue weighted by Crippen LogP contribution is -2.20. The first-order valence-electron chi connectivity index (χ1n) is 4.61. The van der Waals surface area contributed by atoms with Crippen LogP contribution in [0.2, 0.25) is 0 Å². The molecule has 0 amide bonds. The van der Waals surface area contributed by atoms with Crippen LogP contribution in [0.3, 0.4) is 0 Å². The Morgan fingerprint density at radius 2 is 2.29 bits per heavy atom. The number of nitrogens with zero attached hydrogens (tertiary/aromatic N) is 1. The fourth-order valence-corrected chi connectivity index (χ4v) is 2.44. The van der Waals surface area contributed by atoms with Gasteiger partial charge >= 0.3 is 0 Å². The number of hydrogen-bond donors (Lipinski definition) is 0. The number of aromatic nitrogens is 1. The average molecular weight is 215 g/mol. The molecule has 0 aliphatic heterocycles. The third-order valence-corrected chi connectivity index (χ3v) is 3.24. The molecule has 1 heterocycles. The molecule has 0 unspecified atom stereocenters. The summed E-state index contributed by atoms with van der Waals surface area (Å²) >= 11 is 1.34. The van der Waals surface area contributed by atoms with Crippen LogP contribution in [0.4, 0.5) is 8.78 Å². The number of hydrogen-bond acceptors (Lipinski definition) is 2. The maximum Gasteiger partial charge on any atom is 0.275 e. The quantitative estimate of drug-likeness (QED) is 0.696. The first kappa shape index (κ1) is 9.77. The van der Waals surface area contributed by atoms with E-state index in [1.165, 1.54) is 11.3 Å². The predicted molar refractivity (Wildman–Crippen MR) is 53.6 cm³/mol. The third-order valence-electron chi connectivity index (χ3n) is 2.29. The molecule has 1 nitrogen and oxygen atoms in total. The normalized spacial score (nSPS) is 20.6. The van der Waals surface area contributed by atoms with E-state index in [2.05, 4.69) is 4.98 Å². The van der Waals surface area contributed by atoms with E-state index < -0.39 is 5.92 Å². The molecule has 0 N–H and O–H groups in total. The van der Waals surface area contributed by atoms with Crippen molar-refractivity contribution in [1.82, 2.24) is 4.98 Å². The fraction of sp³-hybridized carbons (Fsp3) is 0.500. The van der Waals surface area contributed by atoms with E-state index >= 15 is 0 Å². The molecule has 0 atom stereocenters. The molecule has 0 bridgehead atoms. The van der Waals surface area contributed by atoms with Crippen LogP contribution in [0.15, 0.2) is 12.3 Å². The number of allylic oxidation sites excluding steroid dienone is 2. The van der Waals surface area contributed by atoms with Gasteiger partial charge in [-0.2, -0.15) is 0 Å². The molecule has 1 aliphatic rings.